The van der Waals surface area contributed by atoms with Gasteiger partial charge in [-0.25, -0.2) is 0 Å². The molecule has 0 aliphatic heterocycles. The van der Waals surface area contributed by atoms with E-state index in [0.717, 1.165) is 16.2 Å². The SMILES string of the molecule is CC1CCCC1C(=O)NCc1ccc(C#CCN)s1. The zero-order valence-corrected chi connectivity index (χ0v) is 12.1. The summed E-state index contributed by atoms with van der Waals surface area (Å²) >= 11 is 1.61. The van der Waals surface area contributed by atoms with Crippen LogP contribution in [0.2, 0.25) is 0 Å². The number of thiophene rings is 1. The number of carbonyl (C=O) groups is 1. The van der Waals surface area contributed by atoms with Gasteiger partial charge in [-0.05, 0) is 30.9 Å². The second kappa shape index (κ2) is 6.74. The monoisotopic (exact) mass is 276 g/mol. The Labute approximate surface area is 118 Å². The molecule has 0 saturated heterocycles. The van der Waals surface area contributed by atoms with Gasteiger partial charge in [0.15, 0.2) is 0 Å². The highest BCUT2D eigenvalue weighted by atomic mass is 32.1. The Balaban J connectivity index is 1.85. The lowest BCUT2D eigenvalue weighted by atomic mass is 9.97. The third kappa shape index (κ3) is 3.82. The maximum Gasteiger partial charge on any atom is 0.223 e. The molecule has 2 unspecified atom stereocenters. The molecule has 2 atom stereocenters. The van der Waals surface area contributed by atoms with Crippen LogP contribution >= 0.6 is 11.3 Å². The van der Waals surface area contributed by atoms with Gasteiger partial charge in [-0.1, -0.05) is 25.2 Å². The molecule has 4 heteroatoms. The van der Waals surface area contributed by atoms with E-state index < -0.39 is 0 Å². The van der Waals surface area contributed by atoms with E-state index in [-0.39, 0.29) is 11.8 Å². The van der Waals surface area contributed by atoms with Crippen molar-refractivity contribution in [1.29, 1.82) is 0 Å². The number of amides is 1. The fraction of sp³-hybridized carbons (Fsp3) is 0.533. The average Bonchev–Trinajstić information content (AvgIpc) is 3.02. The Bertz CT molecular complexity index is 498. The van der Waals surface area contributed by atoms with E-state index in [1.807, 2.05) is 12.1 Å². The van der Waals surface area contributed by atoms with Crippen molar-refractivity contribution in [2.24, 2.45) is 17.6 Å². The minimum Gasteiger partial charge on any atom is -0.351 e. The van der Waals surface area contributed by atoms with Crippen molar-refractivity contribution >= 4 is 17.2 Å². The fourth-order valence-corrected chi connectivity index (χ4v) is 3.34. The molecule has 3 nitrogen and oxygen atoms in total. The van der Waals surface area contributed by atoms with Crippen LogP contribution in [0.1, 0.15) is 35.9 Å². The molecule has 1 amide bonds. The summed E-state index contributed by atoms with van der Waals surface area (Å²) < 4.78 is 0. The molecule has 1 fully saturated rings. The third-order valence-electron chi connectivity index (χ3n) is 3.61. The molecule has 1 saturated carbocycles. The van der Waals surface area contributed by atoms with E-state index in [1.54, 1.807) is 11.3 Å². The van der Waals surface area contributed by atoms with Gasteiger partial charge in [-0.15, -0.1) is 11.3 Å². The van der Waals surface area contributed by atoms with Crippen LogP contribution in [0.5, 0.6) is 0 Å². The Hall–Kier alpha value is -1.31. The molecule has 1 aromatic heterocycles. The van der Waals surface area contributed by atoms with Crippen LogP contribution in [-0.4, -0.2) is 12.5 Å². The van der Waals surface area contributed by atoms with Gasteiger partial charge >= 0.3 is 0 Å². The quantitative estimate of drug-likeness (QED) is 0.831. The smallest absolute Gasteiger partial charge is 0.223 e. The molecule has 1 heterocycles. The first kappa shape index (κ1) is 14.1. The van der Waals surface area contributed by atoms with E-state index in [0.29, 0.717) is 19.0 Å². The summed E-state index contributed by atoms with van der Waals surface area (Å²) in [4.78, 5) is 14.2. The largest absolute Gasteiger partial charge is 0.351 e. The molecule has 0 spiro atoms. The van der Waals surface area contributed by atoms with Gasteiger partial charge in [-0.2, -0.15) is 0 Å². The minimum atomic E-state index is 0.202. The summed E-state index contributed by atoms with van der Waals surface area (Å²) in [6.45, 7) is 3.16. The highest BCUT2D eigenvalue weighted by Crippen LogP contribution is 2.31. The van der Waals surface area contributed by atoms with E-state index in [2.05, 4.69) is 24.1 Å². The summed E-state index contributed by atoms with van der Waals surface area (Å²) in [5.41, 5.74) is 5.34. The van der Waals surface area contributed by atoms with Crippen LogP contribution in [0.3, 0.4) is 0 Å². The Morgan fingerprint density at radius 2 is 2.37 bits per heavy atom. The number of carbonyl (C=O) groups excluding carboxylic acids is 1. The molecule has 1 aromatic rings. The molecule has 19 heavy (non-hydrogen) atoms. The molecular weight excluding hydrogens is 256 g/mol. The lowest BCUT2D eigenvalue weighted by Gasteiger charge is -2.14. The summed E-state index contributed by atoms with van der Waals surface area (Å²) in [5.74, 6) is 6.77. The van der Waals surface area contributed by atoms with E-state index in [1.165, 1.54) is 12.8 Å². The molecular formula is C15H20N2OS. The van der Waals surface area contributed by atoms with Crippen molar-refractivity contribution in [1.82, 2.24) is 5.32 Å². The van der Waals surface area contributed by atoms with Crippen molar-refractivity contribution in [3.8, 4) is 11.8 Å². The van der Waals surface area contributed by atoms with Crippen LogP contribution in [0.15, 0.2) is 12.1 Å². The highest BCUT2D eigenvalue weighted by Gasteiger charge is 2.29. The van der Waals surface area contributed by atoms with Gasteiger partial charge in [0.2, 0.25) is 5.91 Å². The number of nitrogens with two attached hydrogens (primary N) is 1. The molecule has 1 aliphatic carbocycles. The highest BCUT2D eigenvalue weighted by molar-refractivity contribution is 7.12. The lowest BCUT2D eigenvalue weighted by Crippen LogP contribution is -2.31. The third-order valence-corrected chi connectivity index (χ3v) is 4.61. The first-order chi connectivity index (χ1) is 9.20. The van der Waals surface area contributed by atoms with Gasteiger partial charge in [0.25, 0.3) is 0 Å². The summed E-state index contributed by atoms with van der Waals surface area (Å²) in [5, 5.41) is 3.04. The molecule has 3 N–H and O–H groups in total. The maximum absolute atomic E-state index is 12.1. The van der Waals surface area contributed by atoms with Crippen molar-refractivity contribution in [3.63, 3.8) is 0 Å². The maximum atomic E-state index is 12.1. The standard InChI is InChI=1S/C15H20N2OS/c1-11-4-2-6-14(11)15(18)17-10-13-8-7-12(19-13)5-3-9-16/h7-8,11,14H,2,4,6,9-10,16H2,1H3,(H,17,18). The van der Waals surface area contributed by atoms with Crippen LogP contribution in [0.4, 0.5) is 0 Å². The zero-order valence-electron chi connectivity index (χ0n) is 11.2. The van der Waals surface area contributed by atoms with Crippen molar-refractivity contribution in [2.45, 2.75) is 32.7 Å². The van der Waals surface area contributed by atoms with Gasteiger partial charge in [0.05, 0.1) is 18.0 Å². The van der Waals surface area contributed by atoms with Gasteiger partial charge in [0.1, 0.15) is 0 Å². The van der Waals surface area contributed by atoms with Gasteiger partial charge in [-0.3, -0.25) is 4.79 Å². The predicted molar refractivity (Wildman–Crippen MR) is 78.6 cm³/mol. The Morgan fingerprint density at radius 3 is 3.05 bits per heavy atom. The first-order valence-corrected chi connectivity index (χ1v) is 7.57. The summed E-state index contributed by atoms with van der Waals surface area (Å²) in [6, 6.07) is 4.00. The molecule has 102 valence electrons. The lowest BCUT2D eigenvalue weighted by molar-refractivity contribution is -0.126. The minimum absolute atomic E-state index is 0.202. The molecule has 2 rings (SSSR count). The summed E-state index contributed by atoms with van der Waals surface area (Å²) in [7, 11) is 0. The van der Waals surface area contributed by atoms with Crippen LogP contribution in [0, 0.1) is 23.7 Å². The predicted octanol–water partition coefficient (Wildman–Crippen LogP) is 2.11. The second-order valence-corrected chi connectivity index (χ2v) is 6.17. The molecule has 0 radical (unpaired) electrons. The molecule has 1 aliphatic rings. The number of rotatable bonds is 3. The Kier molecular flexibility index (Phi) is 5.00. The summed E-state index contributed by atoms with van der Waals surface area (Å²) in [6.07, 6.45) is 3.39. The van der Waals surface area contributed by atoms with Crippen LogP contribution < -0.4 is 11.1 Å². The second-order valence-electron chi connectivity index (χ2n) is 5.00. The van der Waals surface area contributed by atoms with E-state index in [9.17, 15) is 4.79 Å². The van der Waals surface area contributed by atoms with Crippen molar-refractivity contribution in [2.75, 3.05) is 6.54 Å². The van der Waals surface area contributed by atoms with Gasteiger partial charge < -0.3 is 11.1 Å². The topological polar surface area (TPSA) is 55.1 Å². The van der Waals surface area contributed by atoms with Crippen LogP contribution in [-0.2, 0) is 11.3 Å². The average molecular weight is 276 g/mol. The number of nitrogens with one attached hydrogen (secondary N) is 1. The number of hydrogen-bond donors (Lipinski definition) is 2. The number of hydrogen-bond acceptors (Lipinski definition) is 3. The molecule has 0 bridgehead atoms. The molecule has 0 aromatic carbocycles. The van der Waals surface area contributed by atoms with Crippen molar-refractivity contribution in [3.05, 3.63) is 21.9 Å². The van der Waals surface area contributed by atoms with Gasteiger partial charge in [0, 0.05) is 10.8 Å². The normalized spacial score (nSPS) is 21.8. The van der Waals surface area contributed by atoms with E-state index >= 15 is 0 Å². The van der Waals surface area contributed by atoms with E-state index in [4.69, 9.17) is 5.73 Å². The zero-order chi connectivity index (χ0) is 13.7. The van der Waals surface area contributed by atoms with Crippen molar-refractivity contribution < 1.29 is 4.79 Å². The first-order valence-electron chi connectivity index (χ1n) is 6.76. The Morgan fingerprint density at radius 1 is 1.53 bits per heavy atom. The fourth-order valence-electron chi connectivity index (χ4n) is 2.52. The van der Waals surface area contributed by atoms with Crippen LogP contribution in [0.25, 0.3) is 0 Å².